The zero-order chi connectivity index (χ0) is 19.9. The molecule has 2 N–H and O–H groups in total. The van der Waals surface area contributed by atoms with Gasteiger partial charge in [-0.05, 0) is 11.1 Å². The molecule has 28 heavy (non-hydrogen) atoms. The highest BCUT2D eigenvalue weighted by Crippen LogP contribution is 2.22. The van der Waals surface area contributed by atoms with Crippen LogP contribution in [0.1, 0.15) is 30.5 Å². The van der Waals surface area contributed by atoms with Crippen LogP contribution in [0.3, 0.4) is 0 Å². The minimum absolute atomic E-state index is 0.129. The van der Waals surface area contributed by atoms with Crippen LogP contribution in [0.15, 0.2) is 47.2 Å². The van der Waals surface area contributed by atoms with Crippen molar-refractivity contribution in [2.75, 3.05) is 14.2 Å². The van der Waals surface area contributed by atoms with Crippen molar-refractivity contribution < 1.29 is 19.1 Å². The number of benzene rings is 1. The van der Waals surface area contributed by atoms with E-state index < -0.39 is 0 Å². The van der Waals surface area contributed by atoms with Gasteiger partial charge in [-0.15, -0.1) is 22.7 Å². The van der Waals surface area contributed by atoms with E-state index in [0.29, 0.717) is 34.3 Å². The van der Waals surface area contributed by atoms with Crippen LogP contribution in [-0.4, -0.2) is 26.0 Å². The quantitative estimate of drug-likeness (QED) is 0.587. The van der Waals surface area contributed by atoms with Crippen molar-refractivity contribution in [1.82, 2.24) is 10.6 Å². The summed E-state index contributed by atoms with van der Waals surface area (Å²) < 4.78 is 10.2. The molecular formula is C20H20N2O4S2. The summed E-state index contributed by atoms with van der Waals surface area (Å²) in [5.74, 6) is 1.11. The highest BCUT2D eigenvalue weighted by molar-refractivity contribution is 7.12. The number of amides is 2. The molecule has 0 aliphatic carbocycles. The first-order valence-electron chi connectivity index (χ1n) is 8.48. The second-order valence-electron chi connectivity index (χ2n) is 5.88. The van der Waals surface area contributed by atoms with E-state index >= 15 is 0 Å². The van der Waals surface area contributed by atoms with E-state index in [1.165, 1.54) is 22.7 Å². The summed E-state index contributed by atoms with van der Waals surface area (Å²) in [4.78, 5) is 25.5. The number of ether oxygens (including phenoxy) is 2. The van der Waals surface area contributed by atoms with Gasteiger partial charge in [0.25, 0.3) is 11.8 Å². The van der Waals surface area contributed by atoms with E-state index in [4.69, 9.17) is 9.47 Å². The van der Waals surface area contributed by atoms with Gasteiger partial charge in [0, 0.05) is 36.0 Å². The molecule has 0 atom stereocenters. The predicted octanol–water partition coefficient (Wildman–Crippen LogP) is 3.69. The van der Waals surface area contributed by atoms with Gasteiger partial charge in [-0.1, -0.05) is 24.3 Å². The van der Waals surface area contributed by atoms with Crippen LogP contribution in [0, 0.1) is 0 Å². The first-order chi connectivity index (χ1) is 13.6. The molecular weight excluding hydrogens is 396 g/mol. The number of hydrogen-bond donors (Lipinski definition) is 2. The summed E-state index contributed by atoms with van der Waals surface area (Å²) in [6.07, 6.45) is 0. The van der Waals surface area contributed by atoms with Crippen molar-refractivity contribution in [2.24, 2.45) is 0 Å². The van der Waals surface area contributed by atoms with Crippen LogP contribution in [-0.2, 0) is 13.1 Å². The number of thiophene rings is 2. The first-order valence-corrected chi connectivity index (χ1v) is 10.2. The Kier molecular flexibility index (Phi) is 6.67. The summed E-state index contributed by atoms with van der Waals surface area (Å²) in [6.45, 7) is 0.862. The summed E-state index contributed by atoms with van der Waals surface area (Å²) in [6, 6.07) is 11.2. The second kappa shape index (κ2) is 9.38. The maximum atomic E-state index is 12.1. The van der Waals surface area contributed by atoms with Crippen LogP contribution in [0.2, 0.25) is 0 Å². The van der Waals surface area contributed by atoms with Crippen molar-refractivity contribution >= 4 is 34.5 Å². The van der Waals surface area contributed by atoms with Gasteiger partial charge in [0.2, 0.25) is 0 Å². The molecule has 2 amide bonds. The SMILES string of the molecule is COc1csc(C(=O)NCc2ccc(CNC(=O)c3cc(OC)cs3)cc2)c1. The summed E-state index contributed by atoms with van der Waals surface area (Å²) in [7, 11) is 3.15. The Morgan fingerprint density at radius 1 is 0.786 bits per heavy atom. The molecule has 0 aliphatic rings. The minimum atomic E-state index is -0.129. The van der Waals surface area contributed by atoms with Crippen LogP contribution < -0.4 is 20.1 Å². The molecule has 0 radical (unpaired) electrons. The van der Waals surface area contributed by atoms with Crippen molar-refractivity contribution in [3.63, 3.8) is 0 Å². The third kappa shape index (κ3) is 5.11. The largest absolute Gasteiger partial charge is 0.496 e. The fraction of sp³-hybridized carbons (Fsp3) is 0.200. The van der Waals surface area contributed by atoms with E-state index in [1.807, 2.05) is 24.3 Å². The Bertz CT molecular complexity index is 870. The van der Waals surface area contributed by atoms with Crippen LogP contribution in [0.25, 0.3) is 0 Å². The zero-order valence-corrected chi connectivity index (χ0v) is 17.1. The molecule has 8 heteroatoms. The molecule has 0 saturated carbocycles. The van der Waals surface area contributed by atoms with E-state index in [0.717, 1.165) is 11.1 Å². The second-order valence-corrected chi connectivity index (χ2v) is 7.71. The average Bonchev–Trinajstić information content (AvgIpc) is 3.40. The molecule has 1 aromatic carbocycles. The van der Waals surface area contributed by atoms with Gasteiger partial charge < -0.3 is 20.1 Å². The lowest BCUT2D eigenvalue weighted by Crippen LogP contribution is -2.22. The summed E-state index contributed by atoms with van der Waals surface area (Å²) in [5.41, 5.74) is 1.96. The number of carbonyl (C=O) groups excluding carboxylic acids is 2. The molecule has 3 rings (SSSR count). The highest BCUT2D eigenvalue weighted by atomic mass is 32.1. The highest BCUT2D eigenvalue weighted by Gasteiger charge is 2.10. The number of rotatable bonds is 8. The zero-order valence-electron chi connectivity index (χ0n) is 15.5. The van der Waals surface area contributed by atoms with Gasteiger partial charge in [-0.2, -0.15) is 0 Å². The summed E-state index contributed by atoms with van der Waals surface area (Å²) in [5, 5.41) is 9.37. The van der Waals surface area contributed by atoms with Gasteiger partial charge in [0.05, 0.1) is 24.0 Å². The number of nitrogens with one attached hydrogen (secondary N) is 2. The number of hydrogen-bond acceptors (Lipinski definition) is 6. The average molecular weight is 417 g/mol. The summed E-state index contributed by atoms with van der Waals surface area (Å²) >= 11 is 2.69. The van der Waals surface area contributed by atoms with Crippen molar-refractivity contribution in [3.05, 3.63) is 68.0 Å². The number of carbonyl (C=O) groups is 2. The molecule has 2 aromatic heterocycles. The molecule has 2 heterocycles. The normalized spacial score (nSPS) is 10.4. The van der Waals surface area contributed by atoms with Gasteiger partial charge in [-0.3, -0.25) is 9.59 Å². The monoisotopic (exact) mass is 416 g/mol. The molecule has 0 saturated heterocycles. The molecule has 0 aliphatic heterocycles. The van der Waals surface area contributed by atoms with Crippen molar-refractivity contribution in [3.8, 4) is 11.5 Å². The van der Waals surface area contributed by atoms with Crippen LogP contribution in [0.5, 0.6) is 11.5 Å². The van der Waals surface area contributed by atoms with E-state index in [2.05, 4.69) is 10.6 Å². The van der Waals surface area contributed by atoms with Crippen LogP contribution >= 0.6 is 22.7 Å². The standard InChI is InChI=1S/C20H20N2O4S2/c1-25-15-7-17(27-11-15)19(23)21-9-13-3-5-14(6-4-13)10-22-20(24)18-8-16(26-2)12-28-18/h3-8,11-12H,9-10H2,1-2H3,(H,21,23)(H,22,24). The molecule has 0 spiro atoms. The topological polar surface area (TPSA) is 76.7 Å². The van der Waals surface area contributed by atoms with Gasteiger partial charge >= 0.3 is 0 Å². The molecule has 0 bridgehead atoms. The Hall–Kier alpha value is -2.84. The van der Waals surface area contributed by atoms with E-state index in [1.54, 1.807) is 37.1 Å². The van der Waals surface area contributed by atoms with Crippen LogP contribution in [0.4, 0.5) is 0 Å². The van der Waals surface area contributed by atoms with E-state index in [9.17, 15) is 9.59 Å². The fourth-order valence-corrected chi connectivity index (χ4v) is 3.95. The smallest absolute Gasteiger partial charge is 0.261 e. The number of methoxy groups -OCH3 is 2. The van der Waals surface area contributed by atoms with Gasteiger partial charge in [0.15, 0.2) is 0 Å². The minimum Gasteiger partial charge on any atom is -0.496 e. The predicted molar refractivity (Wildman–Crippen MR) is 111 cm³/mol. The van der Waals surface area contributed by atoms with E-state index in [-0.39, 0.29) is 11.8 Å². The Morgan fingerprint density at radius 3 is 1.50 bits per heavy atom. The molecule has 0 unspecified atom stereocenters. The van der Waals surface area contributed by atoms with Gasteiger partial charge in [0.1, 0.15) is 11.5 Å². The molecule has 6 nitrogen and oxygen atoms in total. The molecule has 3 aromatic rings. The Morgan fingerprint density at radius 2 is 1.18 bits per heavy atom. The Labute approximate surface area is 171 Å². The maximum Gasteiger partial charge on any atom is 0.261 e. The van der Waals surface area contributed by atoms with Gasteiger partial charge in [-0.25, -0.2) is 0 Å². The maximum absolute atomic E-state index is 12.1. The lowest BCUT2D eigenvalue weighted by atomic mass is 10.1. The first kappa shape index (κ1) is 19.9. The lowest BCUT2D eigenvalue weighted by molar-refractivity contribution is 0.0946. The van der Waals surface area contributed by atoms with Crippen molar-refractivity contribution in [2.45, 2.75) is 13.1 Å². The Balaban J connectivity index is 1.47. The third-order valence-corrected chi connectivity index (χ3v) is 5.81. The molecule has 0 fully saturated rings. The molecule has 146 valence electrons. The third-order valence-electron chi connectivity index (χ3n) is 4.00. The fourth-order valence-electron chi connectivity index (χ4n) is 2.40. The van der Waals surface area contributed by atoms with Crippen molar-refractivity contribution in [1.29, 1.82) is 0 Å². The lowest BCUT2D eigenvalue weighted by Gasteiger charge is -2.07.